The standard InChI is InChI=1S/C14H14N2O3S/c1-18-11-5-2-9(3-6-11)13-15-16-14(19-13)20-12-7-4-10(17)8-12/h2-3,5-6,12H,4,7-8H2,1H3. The number of Topliss-reactive ketones (excluding diaryl/α,β-unsaturated/α-hetero) is 1. The number of methoxy groups -OCH3 is 1. The Morgan fingerprint density at radius 3 is 2.75 bits per heavy atom. The maximum atomic E-state index is 11.2. The Labute approximate surface area is 120 Å². The molecule has 0 N–H and O–H groups in total. The van der Waals surface area contributed by atoms with Crippen LogP contribution in [0.2, 0.25) is 0 Å². The van der Waals surface area contributed by atoms with Crippen LogP contribution in [0.15, 0.2) is 33.9 Å². The molecule has 1 fully saturated rings. The lowest BCUT2D eigenvalue weighted by molar-refractivity contribution is -0.117. The molecular formula is C14H14N2O3S. The number of rotatable bonds is 4. The van der Waals surface area contributed by atoms with E-state index in [1.165, 1.54) is 11.8 Å². The number of ketones is 1. The number of hydrogen-bond donors (Lipinski definition) is 0. The lowest BCUT2D eigenvalue weighted by Gasteiger charge is -2.02. The summed E-state index contributed by atoms with van der Waals surface area (Å²) in [4.78, 5) is 11.2. The Kier molecular flexibility index (Phi) is 3.73. The third-order valence-electron chi connectivity index (χ3n) is 3.21. The number of carbonyl (C=O) groups excluding carboxylic acids is 1. The molecule has 1 saturated carbocycles. The maximum absolute atomic E-state index is 11.2. The molecular weight excluding hydrogens is 276 g/mol. The topological polar surface area (TPSA) is 65.2 Å². The molecule has 0 saturated heterocycles. The highest BCUT2D eigenvalue weighted by molar-refractivity contribution is 7.99. The number of thioether (sulfide) groups is 1. The molecule has 1 aromatic heterocycles. The highest BCUT2D eigenvalue weighted by atomic mass is 32.2. The number of nitrogens with zero attached hydrogens (tertiary/aromatic N) is 2. The molecule has 0 bridgehead atoms. The predicted molar refractivity (Wildman–Crippen MR) is 74.8 cm³/mol. The Hall–Kier alpha value is -1.82. The molecule has 0 spiro atoms. The molecule has 5 nitrogen and oxygen atoms in total. The lowest BCUT2D eigenvalue weighted by Crippen LogP contribution is -1.95. The highest BCUT2D eigenvalue weighted by Gasteiger charge is 2.25. The zero-order valence-electron chi connectivity index (χ0n) is 11.0. The summed E-state index contributed by atoms with van der Waals surface area (Å²) in [7, 11) is 1.62. The molecule has 1 aliphatic rings. The third kappa shape index (κ3) is 2.85. The molecule has 0 aliphatic heterocycles. The van der Waals surface area contributed by atoms with Gasteiger partial charge in [-0.05, 0) is 30.7 Å². The van der Waals surface area contributed by atoms with Gasteiger partial charge in [0.05, 0.1) is 7.11 Å². The average Bonchev–Trinajstić information content (AvgIpc) is 3.09. The number of hydrogen-bond acceptors (Lipinski definition) is 6. The van der Waals surface area contributed by atoms with Crippen LogP contribution in [-0.4, -0.2) is 28.3 Å². The monoisotopic (exact) mass is 290 g/mol. The van der Waals surface area contributed by atoms with Crippen molar-refractivity contribution in [3.63, 3.8) is 0 Å². The minimum Gasteiger partial charge on any atom is -0.497 e. The van der Waals surface area contributed by atoms with Crippen molar-refractivity contribution in [3.05, 3.63) is 24.3 Å². The van der Waals surface area contributed by atoms with Gasteiger partial charge in [0, 0.05) is 23.7 Å². The summed E-state index contributed by atoms with van der Waals surface area (Å²) < 4.78 is 10.7. The summed E-state index contributed by atoms with van der Waals surface area (Å²) in [5.41, 5.74) is 0.854. The van der Waals surface area contributed by atoms with Gasteiger partial charge in [-0.25, -0.2) is 0 Å². The van der Waals surface area contributed by atoms with E-state index in [-0.39, 0.29) is 5.25 Å². The maximum Gasteiger partial charge on any atom is 0.277 e. The van der Waals surface area contributed by atoms with Gasteiger partial charge in [0.25, 0.3) is 5.22 Å². The Morgan fingerprint density at radius 1 is 1.30 bits per heavy atom. The molecule has 104 valence electrons. The fourth-order valence-electron chi connectivity index (χ4n) is 2.13. The first-order valence-electron chi connectivity index (χ1n) is 6.41. The number of benzene rings is 1. The highest BCUT2D eigenvalue weighted by Crippen LogP contribution is 2.33. The first kappa shape index (κ1) is 13.2. The normalized spacial score (nSPS) is 18.4. The summed E-state index contributed by atoms with van der Waals surface area (Å²) in [6, 6.07) is 7.45. The zero-order chi connectivity index (χ0) is 13.9. The van der Waals surface area contributed by atoms with E-state index in [0.717, 1.165) is 17.7 Å². The van der Waals surface area contributed by atoms with Crippen LogP contribution in [0.25, 0.3) is 11.5 Å². The van der Waals surface area contributed by atoms with Gasteiger partial charge < -0.3 is 9.15 Å². The lowest BCUT2D eigenvalue weighted by atomic mass is 10.2. The third-order valence-corrected chi connectivity index (χ3v) is 4.31. The van der Waals surface area contributed by atoms with Crippen LogP contribution in [-0.2, 0) is 4.79 Å². The van der Waals surface area contributed by atoms with Crippen LogP contribution in [0, 0.1) is 0 Å². The van der Waals surface area contributed by atoms with E-state index < -0.39 is 0 Å². The van der Waals surface area contributed by atoms with Gasteiger partial charge >= 0.3 is 0 Å². The number of ether oxygens (including phenoxy) is 1. The molecule has 0 radical (unpaired) electrons. The Morgan fingerprint density at radius 2 is 2.10 bits per heavy atom. The Bertz CT molecular complexity index is 609. The molecule has 1 heterocycles. The smallest absolute Gasteiger partial charge is 0.277 e. The zero-order valence-corrected chi connectivity index (χ0v) is 11.9. The van der Waals surface area contributed by atoms with Crippen molar-refractivity contribution in [2.75, 3.05) is 7.11 Å². The van der Waals surface area contributed by atoms with Crippen LogP contribution in [0.4, 0.5) is 0 Å². The summed E-state index contributed by atoms with van der Waals surface area (Å²) in [5.74, 6) is 1.59. The second-order valence-electron chi connectivity index (χ2n) is 4.62. The molecule has 20 heavy (non-hydrogen) atoms. The van der Waals surface area contributed by atoms with Gasteiger partial charge in [-0.2, -0.15) is 0 Å². The second-order valence-corrected chi connectivity index (χ2v) is 5.87. The largest absolute Gasteiger partial charge is 0.497 e. The molecule has 1 atom stereocenters. The minimum atomic E-state index is 0.270. The van der Waals surface area contributed by atoms with Crippen LogP contribution in [0.5, 0.6) is 5.75 Å². The summed E-state index contributed by atoms with van der Waals surface area (Å²) in [6.45, 7) is 0. The van der Waals surface area contributed by atoms with Crippen LogP contribution >= 0.6 is 11.8 Å². The fraction of sp³-hybridized carbons (Fsp3) is 0.357. The molecule has 0 amide bonds. The van der Waals surface area contributed by atoms with Gasteiger partial charge in [-0.15, -0.1) is 10.2 Å². The first-order chi connectivity index (χ1) is 9.74. The van der Waals surface area contributed by atoms with Crippen LogP contribution < -0.4 is 4.74 Å². The van der Waals surface area contributed by atoms with Crippen molar-refractivity contribution < 1.29 is 13.9 Å². The first-order valence-corrected chi connectivity index (χ1v) is 7.29. The van der Waals surface area contributed by atoms with E-state index in [4.69, 9.17) is 9.15 Å². The number of aromatic nitrogens is 2. The van der Waals surface area contributed by atoms with Crippen LogP contribution in [0.1, 0.15) is 19.3 Å². The van der Waals surface area contributed by atoms with E-state index in [2.05, 4.69) is 10.2 Å². The Balaban J connectivity index is 1.70. The van der Waals surface area contributed by atoms with E-state index in [1.807, 2.05) is 24.3 Å². The second kappa shape index (κ2) is 5.66. The molecule has 2 aromatic rings. The summed E-state index contributed by atoms with van der Waals surface area (Å²) in [6.07, 6.45) is 2.16. The van der Waals surface area contributed by atoms with E-state index in [0.29, 0.717) is 29.7 Å². The van der Waals surface area contributed by atoms with Crippen molar-refractivity contribution in [2.24, 2.45) is 0 Å². The predicted octanol–water partition coefficient (Wildman–Crippen LogP) is 2.96. The number of carbonyl (C=O) groups is 1. The van der Waals surface area contributed by atoms with Crippen molar-refractivity contribution in [1.29, 1.82) is 0 Å². The van der Waals surface area contributed by atoms with Gasteiger partial charge in [-0.1, -0.05) is 11.8 Å². The molecule has 1 unspecified atom stereocenters. The van der Waals surface area contributed by atoms with Gasteiger partial charge in [0.1, 0.15) is 11.5 Å². The summed E-state index contributed by atoms with van der Waals surface area (Å²) >= 11 is 1.49. The van der Waals surface area contributed by atoms with Crippen molar-refractivity contribution >= 4 is 17.5 Å². The van der Waals surface area contributed by atoms with E-state index >= 15 is 0 Å². The SMILES string of the molecule is COc1ccc(-c2nnc(SC3CCC(=O)C3)o2)cc1. The fourth-order valence-corrected chi connectivity index (χ4v) is 3.14. The quantitative estimate of drug-likeness (QED) is 0.862. The summed E-state index contributed by atoms with van der Waals surface area (Å²) in [5, 5.41) is 8.86. The minimum absolute atomic E-state index is 0.270. The van der Waals surface area contributed by atoms with Crippen molar-refractivity contribution in [2.45, 2.75) is 29.7 Å². The molecule has 1 aliphatic carbocycles. The van der Waals surface area contributed by atoms with E-state index in [1.54, 1.807) is 7.11 Å². The molecule has 1 aromatic carbocycles. The molecule has 3 rings (SSSR count). The van der Waals surface area contributed by atoms with Gasteiger partial charge in [0.2, 0.25) is 5.89 Å². The van der Waals surface area contributed by atoms with Gasteiger partial charge in [-0.3, -0.25) is 4.79 Å². The van der Waals surface area contributed by atoms with Crippen molar-refractivity contribution in [1.82, 2.24) is 10.2 Å². The van der Waals surface area contributed by atoms with Gasteiger partial charge in [0.15, 0.2) is 0 Å². The molecule has 6 heteroatoms. The van der Waals surface area contributed by atoms with Crippen molar-refractivity contribution in [3.8, 4) is 17.2 Å². The average molecular weight is 290 g/mol. The van der Waals surface area contributed by atoms with Crippen LogP contribution in [0.3, 0.4) is 0 Å². The van der Waals surface area contributed by atoms with E-state index in [9.17, 15) is 4.79 Å².